The summed E-state index contributed by atoms with van der Waals surface area (Å²) in [5.74, 6) is -1.04. The van der Waals surface area contributed by atoms with E-state index in [2.05, 4.69) is 0 Å². The normalized spacial score (nSPS) is 11.2. The lowest BCUT2D eigenvalue weighted by Gasteiger charge is -2.03. The van der Waals surface area contributed by atoms with Crippen LogP contribution in [0.15, 0.2) is 48.5 Å². The van der Waals surface area contributed by atoms with Gasteiger partial charge in [-0.1, -0.05) is 30.3 Å². The Balaban J connectivity index is 0.000000200. The van der Waals surface area contributed by atoms with Crippen LogP contribution < -0.4 is 0 Å². The monoisotopic (exact) mass is 278 g/mol. The minimum absolute atomic E-state index is 0.155. The van der Waals surface area contributed by atoms with Crippen LogP contribution in [-0.4, -0.2) is 10.9 Å². The van der Waals surface area contributed by atoms with Crippen LogP contribution in [0.4, 0.5) is 8.78 Å². The Kier molecular flexibility index (Phi) is 6.00. The van der Waals surface area contributed by atoms with Gasteiger partial charge in [0.2, 0.25) is 0 Å². The summed E-state index contributed by atoms with van der Waals surface area (Å²) >= 11 is 0. The number of rotatable bonds is 2. The number of ketones is 1. The molecule has 0 aliphatic heterocycles. The fourth-order valence-corrected chi connectivity index (χ4v) is 1.56. The maximum Gasteiger partial charge on any atom is 0.162 e. The van der Waals surface area contributed by atoms with E-state index in [1.165, 1.54) is 25.1 Å². The molecule has 0 radical (unpaired) electrons. The van der Waals surface area contributed by atoms with Gasteiger partial charge >= 0.3 is 0 Å². The molecule has 1 unspecified atom stereocenters. The van der Waals surface area contributed by atoms with E-state index in [1.54, 1.807) is 37.3 Å². The quantitative estimate of drug-likeness (QED) is 0.846. The minimum atomic E-state index is -0.721. The van der Waals surface area contributed by atoms with Gasteiger partial charge in [-0.05, 0) is 32.0 Å². The van der Waals surface area contributed by atoms with Crippen LogP contribution in [0.25, 0.3) is 0 Å². The van der Waals surface area contributed by atoms with Gasteiger partial charge < -0.3 is 5.11 Å². The molecule has 20 heavy (non-hydrogen) atoms. The molecule has 0 amide bonds. The van der Waals surface area contributed by atoms with Crippen molar-refractivity contribution in [2.45, 2.75) is 20.0 Å². The Morgan fingerprint density at radius 1 is 1.00 bits per heavy atom. The summed E-state index contributed by atoms with van der Waals surface area (Å²) in [7, 11) is 0. The second kappa shape index (κ2) is 7.50. The third kappa shape index (κ3) is 4.55. The van der Waals surface area contributed by atoms with Crippen LogP contribution in [0, 0.1) is 11.6 Å². The van der Waals surface area contributed by atoms with E-state index in [4.69, 9.17) is 5.11 Å². The standard InChI is InChI=1S/C8H9FO.C8H7FO/c2*1-6(10)7-4-2-3-5-8(7)9/h2-6,10H,1H3;2-5H,1H3. The van der Waals surface area contributed by atoms with Gasteiger partial charge in [-0.15, -0.1) is 0 Å². The van der Waals surface area contributed by atoms with E-state index >= 15 is 0 Å². The number of hydrogen-bond donors (Lipinski definition) is 1. The van der Waals surface area contributed by atoms with Crippen LogP contribution in [0.1, 0.15) is 35.9 Å². The lowest BCUT2D eigenvalue weighted by molar-refractivity contribution is 0.101. The molecule has 0 aromatic heterocycles. The van der Waals surface area contributed by atoms with Gasteiger partial charge in [-0.2, -0.15) is 0 Å². The van der Waals surface area contributed by atoms with Crippen LogP contribution in [0.5, 0.6) is 0 Å². The van der Waals surface area contributed by atoms with Crippen LogP contribution in [-0.2, 0) is 0 Å². The molecule has 0 saturated carbocycles. The van der Waals surface area contributed by atoms with Crippen molar-refractivity contribution in [3.63, 3.8) is 0 Å². The fourth-order valence-electron chi connectivity index (χ4n) is 1.56. The highest BCUT2D eigenvalue weighted by Crippen LogP contribution is 2.14. The molecule has 0 aliphatic rings. The molecule has 0 heterocycles. The second-order valence-corrected chi connectivity index (χ2v) is 4.23. The number of carbonyl (C=O) groups excluding carboxylic acids is 1. The van der Waals surface area contributed by atoms with E-state index < -0.39 is 11.9 Å². The molecule has 2 aromatic carbocycles. The molecule has 2 rings (SSSR count). The second-order valence-electron chi connectivity index (χ2n) is 4.23. The first-order valence-corrected chi connectivity index (χ1v) is 6.11. The molecule has 2 nitrogen and oxygen atoms in total. The van der Waals surface area contributed by atoms with E-state index in [9.17, 15) is 13.6 Å². The van der Waals surface area contributed by atoms with Gasteiger partial charge in [0.25, 0.3) is 0 Å². The first-order chi connectivity index (χ1) is 9.43. The van der Waals surface area contributed by atoms with Crippen LogP contribution >= 0.6 is 0 Å². The smallest absolute Gasteiger partial charge is 0.162 e. The largest absolute Gasteiger partial charge is 0.389 e. The van der Waals surface area contributed by atoms with Crippen molar-refractivity contribution in [1.82, 2.24) is 0 Å². The Morgan fingerprint density at radius 2 is 1.50 bits per heavy atom. The van der Waals surface area contributed by atoms with Crippen molar-refractivity contribution >= 4 is 5.78 Å². The van der Waals surface area contributed by atoms with Crippen molar-refractivity contribution in [2.75, 3.05) is 0 Å². The zero-order chi connectivity index (χ0) is 15.1. The zero-order valence-corrected chi connectivity index (χ0v) is 11.3. The summed E-state index contributed by atoms with van der Waals surface area (Å²) in [4.78, 5) is 10.6. The highest BCUT2D eigenvalue weighted by atomic mass is 19.1. The van der Waals surface area contributed by atoms with Crippen molar-refractivity contribution in [3.05, 3.63) is 71.3 Å². The molecule has 0 bridgehead atoms. The highest BCUT2D eigenvalue weighted by Gasteiger charge is 2.04. The van der Waals surface area contributed by atoms with Crippen molar-refractivity contribution in [2.24, 2.45) is 0 Å². The highest BCUT2D eigenvalue weighted by molar-refractivity contribution is 5.94. The molecule has 1 atom stereocenters. The maximum atomic E-state index is 12.7. The van der Waals surface area contributed by atoms with Gasteiger partial charge in [-0.3, -0.25) is 4.79 Å². The van der Waals surface area contributed by atoms with Gasteiger partial charge in [0.15, 0.2) is 5.78 Å². The number of benzene rings is 2. The summed E-state index contributed by atoms with van der Waals surface area (Å²) in [6.45, 7) is 2.89. The van der Waals surface area contributed by atoms with Gasteiger partial charge in [0, 0.05) is 5.56 Å². The summed E-state index contributed by atoms with van der Waals surface area (Å²) in [5, 5.41) is 8.96. The molecule has 0 spiro atoms. The molecule has 4 heteroatoms. The minimum Gasteiger partial charge on any atom is -0.389 e. The Morgan fingerprint density at radius 3 is 1.85 bits per heavy atom. The molecular formula is C16H16F2O2. The Hall–Kier alpha value is -2.07. The molecule has 106 valence electrons. The number of Topliss-reactive ketones (excluding diaryl/α,β-unsaturated/α-hetero) is 1. The Labute approximate surface area is 116 Å². The first kappa shape index (κ1) is 16.0. The summed E-state index contributed by atoms with van der Waals surface area (Å²) in [6.07, 6.45) is -0.721. The van der Waals surface area contributed by atoms with E-state index in [0.29, 0.717) is 5.56 Å². The van der Waals surface area contributed by atoms with E-state index in [1.807, 2.05) is 0 Å². The molecule has 0 saturated heterocycles. The average molecular weight is 278 g/mol. The van der Waals surface area contributed by atoms with Crippen molar-refractivity contribution in [3.8, 4) is 0 Å². The maximum absolute atomic E-state index is 12.7. The topological polar surface area (TPSA) is 37.3 Å². The third-order valence-corrected chi connectivity index (χ3v) is 2.61. The number of aliphatic hydroxyl groups is 1. The van der Waals surface area contributed by atoms with Crippen LogP contribution in [0.3, 0.4) is 0 Å². The molecule has 0 fully saturated rings. The SMILES string of the molecule is CC(=O)c1ccccc1F.CC(O)c1ccccc1F. The molecule has 0 aliphatic carbocycles. The predicted octanol–water partition coefficient (Wildman–Crippen LogP) is 3.91. The zero-order valence-electron chi connectivity index (χ0n) is 11.3. The van der Waals surface area contributed by atoms with E-state index in [-0.39, 0.29) is 17.2 Å². The lowest BCUT2D eigenvalue weighted by atomic mass is 10.1. The van der Waals surface area contributed by atoms with Crippen molar-refractivity contribution < 1.29 is 18.7 Å². The lowest BCUT2D eigenvalue weighted by Crippen LogP contribution is -1.94. The molecular weight excluding hydrogens is 262 g/mol. The number of carbonyl (C=O) groups is 1. The fraction of sp³-hybridized carbons (Fsp3) is 0.188. The molecule has 1 N–H and O–H groups in total. The number of halogens is 2. The molecule has 2 aromatic rings. The van der Waals surface area contributed by atoms with Gasteiger partial charge in [0.05, 0.1) is 11.7 Å². The number of hydrogen-bond acceptors (Lipinski definition) is 2. The van der Waals surface area contributed by atoms with Crippen LogP contribution in [0.2, 0.25) is 0 Å². The average Bonchev–Trinajstić information content (AvgIpc) is 2.40. The summed E-state index contributed by atoms with van der Waals surface area (Å²) in [6, 6.07) is 12.1. The Bertz CT molecular complexity index is 580. The van der Waals surface area contributed by atoms with E-state index in [0.717, 1.165) is 0 Å². The van der Waals surface area contributed by atoms with Gasteiger partial charge in [0.1, 0.15) is 11.6 Å². The predicted molar refractivity (Wildman–Crippen MR) is 73.4 cm³/mol. The first-order valence-electron chi connectivity index (χ1n) is 6.11. The number of aliphatic hydroxyl groups excluding tert-OH is 1. The van der Waals surface area contributed by atoms with Crippen molar-refractivity contribution in [1.29, 1.82) is 0 Å². The third-order valence-electron chi connectivity index (χ3n) is 2.61. The summed E-state index contributed by atoms with van der Waals surface area (Å²) < 4.78 is 25.3. The summed E-state index contributed by atoms with van der Waals surface area (Å²) in [5.41, 5.74) is 0.505. The van der Waals surface area contributed by atoms with Gasteiger partial charge in [-0.25, -0.2) is 8.78 Å².